The molecule has 3 heterocycles. The van der Waals surface area contributed by atoms with Crippen molar-refractivity contribution in [3.05, 3.63) is 24.2 Å². The fraction of sp³-hybridized carbons (Fsp3) is 0.722. The van der Waals surface area contributed by atoms with E-state index in [0.29, 0.717) is 12.5 Å². The number of hydrogen-bond donors (Lipinski definition) is 2. The molecule has 0 aromatic carbocycles. The number of carbonyl (C=O) groups is 1. The van der Waals surface area contributed by atoms with Crippen LogP contribution in [0.5, 0.6) is 0 Å². The van der Waals surface area contributed by atoms with Crippen LogP contribution in [-0.2, 0) is 0 Å². The Labute approximate surface area is 143 Å². The molecule has 3 rings (SSSR count). The van der Waals surface area contributed by atoms with Crippen LogP contribution < -0.4 is 5.32 Å². The smallest absolute Gasteiger partial charge is 0.317 e. The number of amides is 2. The van der Waals surface area contributed by atoms with Crippen LogP contribution >= 0.6 is 0 Å². The number of rotatable bonds is 6. The van der Waals surface area contributed by atoms with Crippen LogP contribution in [0.1, 0.15) is 43.9 Å². The molecule has 2 aliphatic rings. The molecule has 2 N–H and O–H groups in total. The Balaban J connectivity index is 1.55. The molecule has 2 amide bonds. The van der Waals surface area contributed by atoms with Gasteiger partial charge in [0.2, 0.25) is 0 Å². The molecule has 0 unspecified atom stereocenters. The Bertz CT molecular complexity index is 498. The van der Waals surface area contributed by atoms with Gasteiger partial charge in [-0.25, -0.2) is 4.79 Å². The van der Waals surface area contributed by atoms with Crippen molar-refractivity contribution in [2.75, 3.05) is 39.3 Å². The second-order valence-corrected chi connectivity index (χ2v) is 6.93. The van der Waals surface area contributed by atoms with Gasteiger partial charge in [0.25, 0.3) is 0 Å². The lowest BCUT2D eigenvalue weighted by molar-refractivity contribution is 0.145. The van der Waals surface area contributed by atoms with Crippen LogP contribution in [0.2, 0.25) is 0 Å². The van der Waals surface area contributed by atoms with E-state index in [0.717, 1.165) is 51.2 Å². The topological polar surface area (TPSA) is 69.0 Å². The zero-order valence-electron chi connectivity index (χ0n) is 14.3. The SMILES string of the molecule is O=C(NC[C@H](c1ccco1)N1CCCC1)N1CCC[C@H](CCO)C1. The summed E-state index contributed by atoms with van der Waals surface area (Å²) in [6, 6.07) is 4.02. The van der Waals surface area contributed by atoms with E-state index >= 15 is 0 Å². The molecule has 0 radical (unpaired) electrons. The van der Waals surface area contributed by atoms with Crippen LogP contribution in [-0.4, -0.2) is 60.3 Å². The average Bonchev–Trinajstić information content (AvgIpc) is 3.30. The molecule has 0 saturated carbocycles. The number of nitrogens with one attached hydrogen (secondary N) is 1. The fourth-order valence-electron chi connectivity index (χ4n) is 3.91. The van der Waals surface area contributed by atoms with E-state index in [4.69, 9.17) is 9.52 Å². The Hall–Kier alpha value is -1.53. The van der Waals surface area contributed by atoms with Gasteiger partial charge in [-0.3, -0.25) is 4.90 Å². The molecule has 0 aliphatic carbocycles. The monoisotopic (exact) mass is 335 g/mol. The minimum atomic E-state index is 0.00777. The van der Waals surface area contributed by atoms with E-state index < -0.39 is 0 Å². The Morgan fingerprint density at radius 1 is 1.33 bits per heavy atom. The first-order valence-electron chi connectivity index (χ1n) is 9.19. The van der Waals surface area contributed by atoms with Gasteiger partial charge >= 0.3 is 6.03 Å². The van der Waals surface area contributed by atoms with E-state index in [1.54, 1.807) is 6.26 Å². The molecule has 0 spiro atoms. The van der Waals surface area contributed by atoms with Crippen LogP contribution in [0, 0.1) is 5.92 Å². The molecule has 134 valence electrons. The quantitative estimate of drug-likeness (QED) is 0.836. The standard InChI is InChI=1S/C18H29N3O3/c22-11-7-15-5-3-10-21(14-15)18(23)19-13-16(17-6-4-12-24-17)20-8-1-2-9-20/h4,6,12,15-16,22H,1-3,5,7-11,13-14H2,(H,19,23)/t15-,16-/m1/s1. The van der Waals surface area contributed by atoms with Gasteiger partial charge < -0.3 is 19.7 Å². The Morgan fingerprint density at radius 3 is 2.88 bits per heavy atom. The van der Waals surface area contributed by atoms with Gasteiger partial charge in [-0.05, 0) is 63.2 Å². The summed E-state index contributed by atoms with van der Waals surface area (Å²) < 4.78 is 5.60. The van der Waals surface area contributed by atoms with Gasteiger partial charge in [0, 0.05) is 26.2 Å². The molecule has 24 heavy (non-hydrogen) atoms. The van der Waals surface area contributed by atoms with Crippen LogP contribution in [0.25, 0.3) is 0 Å². The first kappa shape index (κ1) is 17.3. The second kappa shape index (κ2) is 8.53. The Kier molecular flexibility index (Phi) is 6.15. The summed E-state index contributed by atoms with van der Waals surface area (Å²) in [4.78, 5) is 16.8. The lowest BCUT2D eigenvalue weighted by Gasteiger charge is -2.33. The maximum Gasteiger partial charge on any atom is 0.317 e. The minimum absolute atomic E-state index is 0.00777. The molecular formula is C18H29N3O3. The lowest BCUT2D eigenvalue weighted by Crippen LogP contribution is -2.47. The number of hydrogen-bond acceptors (Lipinski definition) is 4. The number of likely N-dealkylation sites (tertiary alicyclic amines) is 2. The van der Waals surface area contributed by atoms with Gasteiger partial charge in [0.05, 0.1) is 12.3 Å². The number of aliphatic hydroxyl groups is 1. The highest BCUT2D eigenvalue weighted by molar-refractivity contribution is 5.74. The van der Waals surface area contributed by atoms with Gasteiger partial charge in [0.15, 0.2) is 0 Å². The van der Waals surface area contributed by atoms with Gasteiger partial charge in [0.1, 0.15) is 5.76 Å². The third-order valence-corrected chi connectivity index (χ3v) is 5.24. The zero-order valence-corrected chi connectivity index (χ0v) is 14.3. The van der Waals surface area contributed by atoms with Crippen molar-refractivity contribution in [1.29, 1.82) is 0 Å². The minimum Gasteiger partial charge on any atom is -0.468 e. The van der Waals surface area contributed by atoms with Gasteiger partial charge in [-0.1, -0.05) is 0 Å². The molecule has 0 bridgehead atoms. The van der Waals surface area contributed by atoms with E-state index in [1.807, 2.05) is 17.0 Å². The highest BCUT2D eigenvalue weighted by Gasteiger charge is 2.28. The third-order valence-electron chi connectivity index (χ3n) is 5.24. The number of nitrogens with zero attached hydrogens (tertiary/aromatic N) is 2. The third kappa shape index (κ3) is 4.30. The summed E-state index contributed by atoms with van der Waals surface area (Å²) in [6.07, 6.45) is 7.02. The van der Waals surface area contributed by atoms with E-state index in [2.05, 4.69) is 10.2 Å². The zero-order chi connectivity index (χ0) is 16.8. The summed E-state index contributed by atoms with van der Waals surface area (Å²) in [6.45, 7) is 4.46. The molecule has 2 fully saturated rings. The lowest BCUT2D eigenvalue weighted by atomic mass is 9.95. The molecule has 6 heteroatoms. The van der Waals surface area contributed by atoms with Crippen molar-refractivity contribution >= 4 is 6.03 Å². The summed E-state index contributed by atoms with van der Waals surface area (Å²) in [5.74, 6) is 1.35. The number of urea groups is 1. The molecular weight excluding hydrogens is 306 g/mol. The maximum atomic E-state index is 12.5. The average molecular weight is 335 g/mol. The number of piperidine rings is 1. The highest BCUT2D eigenvalue weighted by Crippen LogP contribution is 2.25. The van der Waals surface area contributed by atoms with Gasteiger partial charge in [-0.15, -0.1) is 0 Å². The van der Waals surface area contributed by atoms with Crippen molar-refractivity contribution in [3.8, 4) is 0 Å². The summed E-state index contributed by atoms with van der Waals surface area (Å²) in [5, 5.41) is 12.2. The highest BCUT2D eigenvalue weighted by atomic mass is 16.3. The van der Waals surface area contributed by atoms with Crippen molar-refractivity contribution in [2.24, 2.45) is 5.92 Å². The predicted molar refractivity (Wildman–Crippen MR) is 91.7 cm³/mol. The summed E-state index contributed by atoms with van der Waals surface area (Å²) >= 11 is 0. The largest absolute Gasteiger partial charge is 0.468 e. The molecule has 1 aromatic heterocycles. The molecule has 6 nitrogen and oxygen atoms in total. The van der Waals surface area contributed by atoms with E-state index in [1.165, 1.54) is 12.8 Å². The summed E-state index contributed by atoms with van der Waals surface area (Å²) in [7, 11) is 0. The molecule has 2 saturated heterocycles. The Morgan fingerprint density at radius 2 is 2.17 bits per heavy atom. The van der Waals surface area contributed by atoms with E-state index in [-0.39, 0.29) is 18.7 Å². The normalized spacial score (nSPS) is 23.4. The van der Waals surface area contributed by atoms with Crippen LogP contribution in [0.15, 0.2) is 22.8 Å². The molecule has 2 aliphatic heterocycles. The fourth-order valence-corrected chi connectivity index (χ4v) is 3.91. The maximum absolute atomic E-state index is 12.5. The number of carbonyl (C=O) groups excluding carboxylic acids is 1. The van der Waals surface area contributed by atoms with Crippen molar-refractivity contribution in [2.45, 2.75) is 38.1 Å². The number of aliphatic hydroxyl groups excluding tert-OH is 1. The van der Waals surface area contributed by atoms with Crippen molar-refractivity contribution < 1.29 is 14.3 Å². The first-order valence-corrected chi connectivity index (χ1v) is 9.19. The van der Waals surface area contributed by atoms with Crippen molar-refractivity contribution in [1.82, 2.24) is 15.1 Å². The van der Waals surface area contributed by atoms with Crippen LogP contribution in [0.4, 0.5) is 4.79 Å². The van der Waals surface area contributed by atoms with Gasteiger partial charge in [-0.2, -0.15) is 0 Å². The molecule has 2 atom stereocenters. The predicted octanol–water partition coefficient (Wildman–Crippen LogP) is 2.22. The molecule has 1 aromatic rings. The summed E-state index contributed by atoms with van der Waals surface area (Å²) in [5.41, 5.74) is 0. The second-order valence-electron chi connectivity index (χ2n) is 6.93. The number of furan rings is 1. The van der Waals surface area contributed by atoms with Crippen molar-refractivity contribution in [3.63, 3.8) is 0 Å². The van der Waals surface area contributed by atoms with E-state index in [9.17, 15) is 4.79 Å². The van der Waals surface area contributed by atoms with Crippen LogP contribution in [0.3, 0.4) is 0 Å². The first-order chi connectivity index (χ1) is 11.8.